The van der Waals surface area contributed by atoms with Crippen molar-refractivity contribution in [2.45, 2.75) is 26.7 Å². The maximum Gasteiger partial charge on any atom is 0.237 e. The lowest BCUT2D eigenvalue weighted by Gasteiger charge is -2.19. The number of rotatable bonds is 3. The fourth-order valence-corrected chi connectivity index (χ4v) is 3.55. The van der Waals surface area contributed by atoms with Crippen molar-refractivity contribution in [3.05, 3.63) is 64.5 Å². The Morgan fingerprint density at radius 3 is 2.38 bits per heavy atom. The third kappa shape index (κ3) is 3.21. The van der Waals surface area contributed by atoms with Crippen LogP contribution in [0.5, 0.6) is 0 Å². The molecule has 26 heavy (non-hydrogen) atoms. The van der Waals surface area contributed by atoms with Gasteiger partial charge in [-0.3, -0.25) is 9.59 Å². The van der Waals surface area contributed by atoms with E-state index < -0.39 is 17.6 Å². The van der Waals surface area contributed by atoms with Gasteiger partial charge in [-0.05, 0) is 55.2 Å². The summed E-state index contributed by atoms with van der Waals surface area (Å²) in [5.74, 6) is -2.33. The van der Waals surface area contributed by atoms with E-state index in [4.69, 9.17) is 0 Å². The van der Waals surface area contributed by atoms with E-state index in [-0.39, 0.29) is 17.5 Å². The highest BCUT2D eigenvalue weighted by Crippen LogP contribution is 2.35. The molecule has 2 amide bonds. The fourth-order valence-electron chi connectivity index (χ4n) is 3.55. The van der Waals surface area contributed by atoms with Crippen molar-refractivity contribution in [2.75, 3.05) is 18.9 Å². The van der Waals surface area contributed by atoms with Crippen LogP contribution in [0.4, 0.5) is 10.1 Å². The van der Waals surface area contributed by atoms with Gasteiger partial charge in [-0.1, -0.05) is 24.3 Å². The molecule has 0 unspecified atom stereocenters. The van der Waals surface area contributed by atoms with Crippen LogP contribution in [-0.2, 0) is 9.59 Å². The van der Waals surface area contributed by atoms with Crippen LogP contribution in [-0.4, -0.2) is 30.3 Å². The zero-order valence-electron chi connectivity index (χ0n) is 15.5. The van der Waals surface area contributed by atoms with Gasteiger partial charge in [0.25, 0.3) is 0 Å². The number of nitrogens with zero attached hydrogens (tertiary/aromatic N) is 1. The summed E-state index contributed by atoms with van der Waals surface area (Å²) in [5, 5.41) is 2.58. The number of para-hydroxylation sites is 1. The van der Waals surface area contributed by atoms with E-state index in [9.17, 15) is 14.0 Å². The van der Waals surface area contributed by atoms with Gasteiger partial charge >= 0.3 is 0 Å². The van der Waals surface area contributed by atoms with Crippen LogP contribution in [0.15, 0.2) is 36.4 Å². The summed E-state index contributed by atoms with van der Waals surface area (Å²) in [4.78, 5) is 27.0. The highest BCUT2D eigenvalue weighted by molar-refractivity contribution is 6.08. The Labute approximate surface area is 153 Å². The van der Waals surface area contributed by atoms with E-state index in [0.717, 1.165) is 16.7 Å². The van der Waals surface area contributed by atoms with Crippen molar-refractivity contribution in [1.29, 1.82) is 0 Å². The minimum Gasteiger partial charge on any atom is -0.344 e. The third-order valence-corrected chi connectivity index (χ3v) is 5.31. The monoisotopic (exact) mass is 354 g/mol. The molecular formula is C21H23FN2O2. The molecule has 2 aromatic rings. The molecule has 0 aromatic heterocycles. The van der Waals surface area contributed by atoms with Crippen molar-refractivity contribution in [3.63, 3.8) is 0 Å². The number of benzene rings is 2. The molecule has 0 saturated carbocycles. The van der Waals surface area contributed by atoms with Crippen LogP contribution in [0.3, 0.4) is 0 Å². The second kappa shape index (κ2) is 6.90. The summed E-state index contributed by atoms with van der Waals surface area (Å²) in [5.41, 5.74) is 4.54. The summed E-state index contributed by atoms with van der Waals surface area (Å²) in [6.07, 6.45) is 0. The molecule has 2 atom stereocenters. The first kappa shape index (κ1) is 18.1. The normalized spacial score (nSPS) is 19.7. The Kier molecular flexibility index (Phi) is 4.81. The van der Waals surface area contributed by atoms with Crippen LogP contribution in [0.2, 0.25) is 0 Å². The van der Waals surface area contributed by atoms with Crippen LogP contribution < -0.4 is 5.32 Å². The number of nitrogens with one attached hydrogen (secondary N) is 1. The summed E-state index contributed by atoms with van der Waals surface area (Å²) >= 11 is 0. The number of hydrogen-bond acceptors (Lipinski definition) is 2. The second-order valence-electron chi connectivity index (χ2n) is 7.05. The number of carbonyl (C=O) groups excluding carboxylic acids is 2. The molecule has 0 aliphatic carbocycles. The molecule has 0 radical (unpaired) electrons. The highest BCUT2D eigenvalue weighted by Gasteiger charge is 2.44. The van der Waals surface area contributed by atoms with Gasteiger partial charge in [-0.2, -0.15) is 0 Å². The van der Waals surface area contributed by atoms with Gasteiger partial charge in [0.15, 0.2) is 0 Å². The quantitative estimate of drug-likeness (QED) is 0.857. The second-order valence-corrected chi connectivity index (χ2v) is 7.05. The van der Waals surface area contributed by atoms with E-state index in [1.807, 2.05) is 26.0 Å². The Morgan fingerprint density at radius 2 is 1.77 bits per heavy atom. The molecule has 1 heterocycles. The number of likely N-dealkylation sites (tertiary alicyclic amines) is 1. The number of anilines is 1. The average Bonchev–Trinajstić information content (AvgIpc) is 2.89. The van der Waals surface area contributed by atoms with Crippen LogP contribution in [0.25, 0.3) is 0 Å². The van der Waals surface area contributed by atoms with Crippen LogP contribution in [0.1, 0.15) is 28.2 Å². The van der Waals surface area contributed by atoms with Crippen molar-refractivity contribution < 1.29 is 14.0 Å². The van der Waals surface area contributed by atoms with Gasteiger partial charge in [0.1, 0.15) is 11.7 Å². The molecule has 136 valence electrons. The molecule has 1 saturated heterocycles. The zero-order chi connectivity index (χ0) is 19.0. The van der Waals surface area contributed by atoms with E-state index >= 15 is 0 Å². The number of amides is 2. The first-order chi connectivity index (χ1) is 12.3. The van der Waals surface area contributed by atoms with Gasteiger partial charge in [-0.15, -0.1) is 0 Å². The van der Waals surface area contributed by atoms with Crippen LogP contribution >= 0.6 is 0 Å². The molecule has 2 aromatic carbocycles. The molecule has 3 rings (SSSR count). The predicted octanol–water partition coefficient (Wildman–Crippen LogP) is 3.56. The number of carbonyl (C=O) groups is 2. The van der Waals surface area contributed by atoms with E-state index in [1.165, 1.54) is 17.7 Å². The molecule has 1 fully saturated rings. The van der Waals surface area contributed by atoms with E-state index in [2.05, 4.69) is 12.2 Å². The predicted molar refractivity (Wildman–Crippen MR) is 99.6 cm³/mol. The molecule has 4 nitrogen and oxygen atoms in total. The van der Waals surface area contributed by atoms with Crippen molar-refractivity contribution in [1.82, 2.24) is 4.90 Å². The lowest BCUT2D eigenvalue weighted by Crippen LogP contribution is -2.33. The first-order valence-corrected chi connectivity index (χ1v) is 8.67. The Hall–Kier alpha value is -2.69. The summed E-state index contributed by atoms with van der Waals surface area (Å²) in [7, 11) is 1.69. The van der Waals surface area contributed by atoms with Gasteiger partial charge in [-0.25, -0.2) is 4.39 Å². The largest absolute Gasteiger partial charge is 0.344 e. The standard InChI is InChI=1S/C21H23FN2O2/c1-12-9-15(10-13(2)14(12)3)16-11-24(4)21(26)19(16)20(25)23-18-8-6-5-7-17(18)22/h5-10,16,19H,11H2,1-4H3,(H,23,25)/t16-,19+/m1/s1. The number of aryl methyl sites for hydroxylation is 2. The lowest BCUT2D eigenvalue weighted by atomic mass is 9.85. The highest BCUT2D eigenvalue weighted by atomic mass is 19.1. The number of likely N-dealkylation sites (N-methyl/N-ethyl adjacent to an activating group) is 1. The lowest BCUT2D eigenvalue weighted by molar-refractivity contribution is -0.135. The van der Waals surface area contributed by atoms with Gasteiger partial charge in [0.05, 0.1) is 5.69 Å². The topological polar surface area (TPSA) is 49.4 Å². The maximum absolute atomic E-state index is 13.9. The van der Waals surface area contributed by atoms with Crippen molar-refractivity contribution in [2.24, 2.45) is 5.92 Å². The molecule has 1 aliphatic heterocycles. The smallest absolute Gasteiger partial charge is 0.237 e. The van der Waals surface area contributed by atoms with E-state index in [1.54, 1.807) is 24.1 Å². The minimum atomic E-state index is -0.860. The Morgan fingerprint density at radius 1 is 1.15 bits per heavy atom. The maximum atomic E-state index is 13.9. The summed E-state index contributed by atoms with van der Waals surface area (Å²) < 4.78 is 13.9. The van der Waals surface area contributed by atoms with Gasteiger partial charge < -0.3 is 10.2 Å². The van der Waals surface area contributed by atoms with Gasteiger partial charge in [0, 0.05) is 19.5 Å². The number of halogens is 1. The molecule has 0 bridgehead atoms. The fraction of sp³-hybridized carbons (Fsp3) is 0.333. The third-order valence-electron chi connectivity index (χ3n) is 5.31. The summed E-state index contributed by atoms with van der Waals surface area (Å²) in [6.45, 7) is 6.58. The van der Waals surface area contributed by atoms with Crippen molar-refractivity contribution in [3.8, 4) is 0 Å². The first-order valence-electron chi connectivity index (χ1n) is 8.67. The van der Waals surface area contributed by atoms with Crippen LogP contribution in [0, 0.1) is 32.5 Å². The summed E-state index contributed by atoms with van der Waals surface area (Å²) in [6, 6.07) is 10.1. The number of hydrogen-bond donors (Lipinski definition) is 1. The van der Waals surface area contributed by atoms with Crippen molar-refractivity contribution >= 4 is 17.5 Å². The SMILES string of the molecule is Cc1cc([C@H]2CN(C)C(=O)[C@@H]2C(=O)Nc2ccccc2F)cc(C)c1C. The van der Waals surface area contributed by atoms with E-state index in [0.29, 0.717) is 6.54 Å². The molecule has 5 heteroatoms. The minimum absolute atomic E-state index is 0.0925. The molecule has 1 N–H and O–H groups in total. The Bertz CT molecular complexity index is 855. The molecule has 0 spiro atoms. The zero-order valence-corrected chi connectivity index (χ0v) is 15.5. The molecule has 1 aliphatic rings. The van der Waals surface area contributed by atoms with Gasteiger partial charge in [0.2, 0.25) is 11.8 Å². The Balaban J connectivity index is 1.94. The average molecular weight is 354 g/mol. The molecular weight excluding hydrogens is 331 g/mol.